The lowest BCUT2D eigenvalue weighted by atomic mass is 10.2. The SMILES string of the molecule is CNCCCC(=O)Nc1cccc2c1OCCO2.Cl. The zero-order chi connectivity index (χ0) is 12.8. The van der Waals surface area contributed by atoms with E-state index in [9.17, 15) is 4.79 Å². The molecular formula is C13H19ClN2O3. The molecule has 0 aromatic heterocycles. The van der Waals surface area contributed by atoms with E-state index in [0.717, 1.165) is 13.0 Å². The number of fused-ring (bicyclic) bond motifs is 1. The number of hydrogen-bond acceptors (Lipinski definition) is 4. The molecule has 0 fully saturated rings. The van der Waals surface area contributed by atoms with Crippen LogP contribution in [0.15, 0.2) is 18.2 Å². The monoisotopic (exact) mass is 286 g/mol. The van der Waals surface area contributed by atoms with Crippen molar-refractivity contribution in [1.82, 2.24) is 5.32 Å². The highest BCUT2D eigenvalue weighted by atomic mass is 35.5. The van der Waals surface area contributed by atoms with Crippen LogP contribution in [0.4, 0.5) is 5.69 Å². The highest BCUT2D eigenvalue weighted by molar-refractivity contribution is 5.92. The van der Waals surface area contributed by atoms with Crippen LogP contribution in [0.1, 0.15) is 12.8 Å². The van der Waals surface area contributed by atoms with Crippen LogP contribution in [0, 0.1) is 0 Å². The molecule has 0 radical (unpaired) electrons. The molecule has 0 unspecified atom stereocenters. The van der Waals surface area contributed by atoms with Crippen molar-refractivity contribution in [3.05, 3.63) is 18.2 Å². The first kappa shape index (κ1) is 15.6. The van der Waals surface area contributed by atoms with Gasteiger partial charge in [-0.25, -0.2) is 0 Å². The fourth-order valence-corrected chi connectivity index (χ4v) is 1.81. The maximum Gasteiger partial charge on any atom is 0.224 e. The molecule has 1 heterocycles. The Labute approximate surface area is 119 Å². The maximum atomic E-state index is 11.7. The number of benzene rings is 1. The van der Waals surface area contributed by atoms with Gasteiger partial charge < -0.3 is 20.1 Å². The Morgan fingerprint density at radius 1 is 1.32 bits per heavy atom. The molecule has 106 valence electrons. The first-order valence-corrected chi connectivity index (χ1v) is 6.14. The number of para-hydroxylation sites is 1. The Hall–Kier alpha value is -1.46. The van der Waals surface area contributed by atoms with Crippen molar-refractivity contribution in [1.29, 1.82) is 0 Å². The molecule has 1 aliphatic heterocycles. The van der Waals surface area contributed by atoms with Gasteiger partial charge in [0.2, 0.25) is 5.91 Å². The van der Waals surface area contributed by atoms with Crippen LogP contribution >= 0.6 is 12.4 Å². The summed E-state index contributed by atoms with van der Waals surface area (Å²) in [5.41, 5.74) is 0.682. The van der Waals surface area contributed by atoms with E-state index in [0.29, 0.717) is 36.8 Å². The van der Waals surface area contributed by atoms with E-state index in [1.54, 1.807) is 0 Å². The van der Waals surface area contributed by atoms with Crippen molar-refractivity contribution in [2.75, 3.05) is 32.1 Å². The molecule has 1 aromatic carbocycles. The van der Waals surface area contributed by atoms with Crippen LogP contribution in [0.3, 0.4) is 0 Å². The van der Waals surface area contributed by atoms with Crippen molar-refractivity contribution in [2.45, 2.75) is 12.8 Å². The summed E-state index contributed by atoms with van der Waals surface area (Å²) in [4.78, 5) is 11.7. The summed E-state index contributed by atoms with van der Waals surface area (Å²) in [6.45, 7) is 1.89. The molecule has 0 aliphatic carbocycles. The van der Waals surface area contributed by atoms with Crippen molar-refractivity contribution < 1.29 is 14.3 Å². The summed E-state index contributed by atoms with van der Waals surface area (Å²) < 4.78 is 11.0. The first-order chi connectivity index (χ1) is 8.81. The van der Waals surface area contributed by atoms with Gasteiger partial charge in [0.05, 0.1) is 5.69 Å². The number of carbonyl (C=O) groups excluding carboxylic acids is 1. The van der Waals surface area contributed by atoms with Crippen LogP contribution in [-0.2, 0) is 4.79 Å². The quantitative estimate of drug-likeness (QED) is 0.811. The molecule has 19 heavy (non-hydrogen) atoms. The number of nitrogens with one attached hydrogen (secondary N) is 2. The zero-order valence-electron chi connectivity index (χ0n) is 10.9. The van der Waals surface area contributed by atoms with E-state index in [1.807, 2.05) is 25.2 Å². The normalized spacial score (nSPS) is 12.5. The molecule has 2 N–H and O–H groups in total. The number of hydrogen-bond donors (Lipinski definition) is 2. The highest BCUT2D eigenvalue weighted by Gasteiger charge is 2.16. The van der Waals surface area contributed by atoms with E-state index in [4.69, 9.17) is 9.47 Å². The molecule has 0 spiro atoms. The van der Waals surface area contributed by atoms with Crippen LogP contribution in [-0.4, -0.2) is 32.7 Å². The van der Waals surface area contributed by atoms with Gasteiger partial charge in [0, 0.05) is 6.42 Å². The summed E-state index contributed by atoms with van der Waals surface area (Å²) in [7, 11) is 1.87. The lowest BCUT2D eigenvalue weighted by Gasteiger charge is -2.21. The lowest BCUT2D eigenvalue weighted by molar-refractivity contribution is -0.116. The van der Waals surface area contributed by atoms with Gasteiger partial charge >= 0.3 is 0 Å². The third-order valence-electron chi connectivity index (χ3n) is 2.67. The minimum Gasteiger partial charge on any atom is -0.486 e. The number of rotatable bonds is 5. The first-order valence-electron chi connectivity index (χ1n) is 6.14. The smallest absolute Gasteiger partial charge is 0.224 e. The molecule has 0 saturated heterocycles. The predicted molar refractivity (Wildman–Crippen MR) is 76.5 cm³/mol. The molecule has 1 aromatic rings. The minimum absolute atomic E-state index is 0. The van der Waals surface area contributed by atoms with Gasteiger partial charge in [-0.15, -0.1) is 12.4 Å². The van der Waals surface area contributed by atoms with Gasteiger partial charge in [0.25, 0.3) is 0 Å². The number of anilines is 1. The van der Waals surface area contributed by atoms with Crippen molar-refractivity contribution in [3.8, 4) is 11.5 Å². The van der Waals surface area contributed by atoms with E-state index in [2.05, 4.69) is 10.6 Å². The number of amides is 1. The van der Waals surface area contributed by atoms with E-state index in [-0.39, 0.29) is 18.3 Å². The summed E-state index contributed by atoms with van der Waals surface area (Å²) in [6.07, 6.45) is 1.31. The van der Waals surface area contributed by atoms with Gasteiger partial charge in [-0.1, -0.05) is 6.07 Å². The molecular weight excluding hydrogens is 268 g/mol. The average Bonchev–Trinajstić information content (AvgIpc) is 2.39. The second-order valence-corrected chi connectivity index (χ2v) is 4.09. The summed E-state index contributed by atoms with van der Waals surface area (Å²) in [5.74, 6) is 1.31. The van der Waals surface area contributed by atoms with Gasteiger partial charge in [-0.3, -0.25) is 4.79 Å². The molecule has 0 atom stereocenters. The Morgan fingerprint density at radius 3 is 2.89 bits per heavy atom. The van der Waals surface area contributed by atoms with Gasteiger partial charge in [-0.05, 0) is 32.1 Å². The third kappa shape index (κ3) is 4.29. The van der Waals surface area contributed by atoms with Crippen molar-refractivity contribution in [3.63, 3.8) is 0 Å². The van der Waals surface area contributed by atoms with Crippen molar-refractivity contribution >= 4 is 24.0 Å². The highest BCUT2D eigenvalue weighted by Crippen LogP contribution is 2.37. The molecule has 0 saturated carbocycles. The van der Waals surface area contributed by atoms with Gasteiger partial charge in [0.15, 0.2) is 11.5 Å². The minimum atomic E-state index is -0.00664. The summed E-state index contributed by atoms with van der Waals surface area (Å²) in [6, 6.07) is 5.51. The Bertz CT molecular complexity index is 426. The average molecular weight is 287 g/mol. The fourth-order valence-electron chi connectivity index (χ4n) is 1.81. The Morgan fingerprint density at radius 2 is 2.11 bits per heavy atom. The van der Waals surface area contributed by atoms with Crippen LogP contribution in [0.25, 0.3) is 0 Å². The second kappa shape index (κ2) is 7.86. The largest absolute Gasteiger partial charge is 0.486 e. The number of carbonyl (C=O) groups is 1. The van der Waals surface area contributed by atoms with E-state index in [1.165, 1.54) is 0 Å². The summed E-state index contributed by atoms with van der Waals surface area (Å²) >= 11 is 0. The maximum absolute atomic E-state index is 11.7. The molecule has 0 bridgehead atoms. The van der Waals surface area contributed by atoms with Crippen molar-refractivity contribution in [2.24, 2.45) is 0 Å². The Balaban J connectivity index is 0.00000180. The standard InChI is InChI=1S/C13H18N2O3.ClH/c1-14-7-3-6-12(16)15-10-4-2-5-11-13(10)18-9-8-17-11;/h2,4-5,14H,3,6-9H2,1H3,(H,15,16);1H. The molecule has 1 amide bonds. The third-order valence-corrected chi connectivity index (χ3v) is 2.67. The molecule has 2 rings (SSSR count). The molecule has 6 heteroatoms. The number of ether oxygens (including phenoxy) is 2. The van der Waals surface area contributed by atoms with Gasteiger partial charge in [-0.2, -0.15) is 0 Å². The van der Waals surface area contributed by atoms with Crippen LogP contribution in [0.5, 0.6) is 11.5 Å². The Kier molecular flexibility index (Phi) is 6.45. The summed E-state index contributed by atoms with van der Waals surface area (Å²) in [5, 5.41) is 5.87. The van der Waals surface area contributed by atoms with Crippen LogP contribution in [0.2, 0.25) is 0 Å². The molecule has 5 nitrogen and oxygen atoms in total. The lowest BCUT2D eigenvalue weighted by Crippen LogP contribution is -2.19. The number of halogens is 1. The van der Waals surface area contributed by atoms with E-state index < -0.39 is 0 Å². The van der Waals surface area contributed by atoms with Crippen LogP contribution < -0.4 is 20.1 Å². The zero-order valence-corrected chi connectivity index (χ0v) is 11.7. The molecule has 1 aliphatic rings. The fraction of sp³-hybridized carbons (Fsp3) is 0.462. The van der Waals surface area contributed by atoms with Gasteiger partial charge in [0.1, 0.15) is 13.2 Å². The van der Waals surface area contributed by atoms with E-state index >= 15 is 0 Å². The topological polar surface area (TPSA) is 59.6 Å². The second-order valence-electron chi connectivity index (χ2n) is 4.09. The predicted octanol–water partition coefficient (Wildman–Crippen LogP) is 1.82.